The van der Waals surface area contributed by atoms with Crippen molar-refractivity contribution < 1.29 is 14.6 Å². The molecule has 1 N–H and O–H groups in total. The van der Waals surface area contributed by atoms with Crippen LogP contribution < -0.4 is 4.74 Å². The zero-order valence-electron chi connectivity index (χ0n) is 10.1. The van der Waals surface area contributed by atoms with E-state index in [-0.39, 0.29) is 11.3 Å². The summed E-state index contributed by atoms with van der Waals surface area (Å²) < 4.78 is 6.27. The number of carboxylic acids is 1. The monoisotopic (exact) mass is 322 g/mol. The molecule has 0 amide bonds. The minimum atomic E-state index is -1.05. The Morgan fingerprint density at radius 1 is 1.37 bits per heavy atom. The summed E-state index contributed by atoms with van der Waals surface area (Å²) in [6, 6.07) is 6.40. The highest BCUT2D eigenvalue weighted by Crippen LogP contribution is 2.27. The first-order valence-electron chi connectivity index (χ1n) is 5.61. The Bertz CT molecular complexity index is 617. The van der Waals surface area contributed by atoms with Crippen LogP contribution in [-0.2, 0) is 6.42 Å². The van der Waals surface area contributed by atoms with Crippen molar-refractivity contribution in [1.29, 1.82) is 0 Å². The van der Waals surface area contributed by atoms with Gasteiger partial charge in [0.05, 0.1) is 0 Å². The number of halogens is 1. The van der Waals surface area contributed by atoms with Crippen molar-refractivity contribution in [2.45, 2.75) is 13.3 Å². The third-order valence-electron chi connectivity index (χ3n) is 2.45. The summed E-state index contributed by atoms with van der Waals surface area (Å²) >= 11 is 3.28. The van der Waals surface area contributed by atoms with Crippen LogP contribution in [0.2, 0.25) is 0 Å². The minimum absolute atomic E-state index is 0.0832. The summed E-state index contributed by atoms with van der Waals surface area (Å²) in [4.78, 5) is 19.1. The van der Waals surface area contributed by atoms with Gasteiger partial charge in [0.15, 0.2) is 0 Å². The molecule has 0 saturated carbocycles. The Morgan fingerprint density at radius 3 is 2.84 bits per heavy atom. The molecule has 0 bridgehead atoms. The van der Waals surface area contributed by atoms with Crippen molar-refractivity contribution >= 4 is 21.9 Å². The summed E-state index contributed by atoms with van der Waals surface area (Å²) in [7, 11) is 0. The molecule has 0 radical (unpaired) electrons. The molecule has 1 aromatic carbocycles. The number of hydrogen-bond donors (Lipinski definition) is 1. The van der Waals surface area contributed by atoms with Crippen LogP contribution in [0.1, 0.15) is 23.0 Å². The highest BCUT2D eigenvalue weighted by molar-refractivity contribution is 9.10. The van der Waals surface area contributed by atoms with Gasteiger partial charge >= 0.3 is 5.97 Å². The molecule has 0 saturated heterocycles. The predicted molar refractivity (Wildman–Crippen MR) is 72.6 cm³/mol. The third kappa shape index (κ3) is 3.29. The Morgan fingerprint density at radius 2 is 2.16 bits per heavy atom. The molecule has 0 atom stereocenters. The lowest BCUT2D eigenvalue weighted by Gasteiger charge is -2.08. The molecular formula is C13H11BrN2O3. The summed E-state index contributed by atoms with van der Waals surface area (Å²) in [5.41, 5.74) is 0.914. The molecule has 5 nitrogen and oxygen atoms in total. The van der Waals surface area contributed by atoms with Gasteiger partial charge in [0, 0.05) is 16.2 Å². The number of hydrogen-bond acceptors (Lipinski definition) is 4. The predicted octanol–water partition coefficient (Wildman–Crippen LogP) is 3.29. The van der Waals surface area contributed by atoms with E-state index < -0.39 is 5.97 Å². The van der Waals surface area contributed by atoms with E-state index in [1.54, 1.807) is 18.2 Å². The smallest absolute Gasteiger partial charge is 0.339 e. The van der Waals surface area contributed by atoms with E-state index in [0.717, 1.165) is 16.6 Å². The quantitative estimate of drug-likeness (QED) is 0.935. The number of rotatable bonds is 4. The van der Waals surface area contributed by atoms with Crippen molar-refractivity contribution in [3.63, 3.8) is 0 Å². The molecule has 0 unspecified atom stereocenters. The number of carboxylic acid groups (broad SMARTS) is 1. The molecule has 2 rings (SSSR count). The Hall–Kier alpha value is -1.95. The Kier molecular flexibility index (Phi) is 4.11. The van der Waals surface area contributed by atoms with Crippen LogP contribution in [0.3, 0.4) is 0 Å². The van der Waals surface area contributed by atoms with Gasteiger partial charge in [-0.25, -0.2) is 14.8 Å². The van der Waals surface area contributed by atoms with Crippen molar-refractivity contribution in [3.8, 4) is 11.6 Å². The second kappa shape index (κ2) is 5.79. The minimum Gasteiger partial charge on any atom is -0.478 e. The molecule has 0 aliphatic heterocycles. The van der Waals surface area contributed by atoms with Gasteiger partial charge in [0.2, 0.25) is 5.88 Å². The fourth-order valence-corrected chi connectivity index (χ4v) is 1.84. The average molecular weight is 323 g/mol. The van der Waals surface area contributed by atoms with Gasteiger partial charge in [0.1, 0.15) is 17.6 Å². The Labute approximate surface area is 118 Å². The van der Waals surface area contributed by atoms with E-state index in [1.807, 2.05) is 6.92 Å². The number of nitrogens with zero attached hydrogens (tertiary/aromatic N) is 2. The van der Waals surface area contributed by atoms with Gasteiger partial charge in [-0.15, -0.1) is 0 Å². The van der Waals surface area contributed by atoms with Crippen LogP contribution in [0.25, 0.3) is 0 Å². The normalized spacial score (nSPS) is 10.2. The van der Waals surface area contributed by atoms with E-state index >= 15 is 0 Å². The maximum absolute atomic E-state index is 11.1. The van der Waals surface area contributed by atoms with Crippen LogP contribution in [0.5, 0.6) is 11.6 Å². The molecule has 6 heteroatoms. The molecule has 2 aromatic rings. The SMILES string of the molecule is CCc1cc(Oc2cc(Br)ccc2C(=O)O)ncn1. The molecule has 19 heavy (non-hydrogen) atoms. The van der Waals surface area contributed by atoms with Gasteiger partial charge in [-0.1, -0.05) is 22.9 Å². The first-order chi connectivity index (χ1) is 9.10. The molecule has 0 spiro atoms. The molecule has 98 valence electrons. The maximum atomic E-state index is 11.1. The number of carbonyl (C=O) groups is 1. The molecule has 1 aromatic heterocycles. The first kappa shape index (κ1) is 13.5. The summed E-state index contributed by atoms with van der Waals surface area (Å²) in [5, 5.41) is 9.11. The number of aromatic carboxylic acids is 1. The van der Waals surface area contributed by atoms with Crippen molar-refractivity contribution in [1.82, 2.24) is 9.97 Å². The summed E-state index contributed by atoms with van der Waals surface area (Å²) in [6.45, 7) is 1.97. The first-order valence-corrected chi connectivity index (χ1v) is 6.41. The number of ether oxygens (including phenoxy) is 1. The van der Waals surface area contributed by atoms with Gasteiger partial charge in [0.25, 0.3) is 0 Å². The lowest BCUT2D eigenvalue weighted by atomic mass is 10.2. The highest BCUT2D eigenvalue weighted by Gasteiger charge is 2.13. The molecule has 0 aliphatic rings. The van der Waals surface area contributed by atoms with E-state index in [4.69, 9.17) is 9.84 Å². The van der Waals surface area contributed by atoms with Crippen LogP contribution in [0, 0.1) is 0 Å². The fourth-order valence-electron chi connectivity index (χ4n) is 1.50. The fraction of sp³-hybridized carbons (Fsp3) is 0.154. The van der Waals surface area contributed by atoms with Gasteiger partial charge < -0.3 is 9.84 Å². The number of aromatic nitrogens is 2. The van der Waals surface area contributed by atoms with Crippen molar-refractivity contribution in [3.05, 3.63) is 46.3 Å². The maximum Gasteiger partial charge on any atom is 0.339 e. The molecule has 0 fully saturated rings. The zero-order chi connectivity index (χ0) is 13.8. The van der Waals surface area contributed by atoms with E-state index in [0.29, 0.717) is 5.88 Å². The average Bonchev–Trinajstić information content (AvgIpc) is 2.38. The molecule has 1 heterocycles. The topological polar surface area (TPSA) is 72.3 Å². The highest BCUT2D eigenvalue weighted by atomic mass is 79.9. The van der Waals surface area contributed by atoms with Crippen molar-refractivity contribution in [2.75, 3.05) is 0 Å². The van der Waals surface area contributed by atoms with Crippen LogP contribution >= 0.6 is 15.9 Å². The van der Waals surface area contributed by atoms with Crippen LogP contribution in [-0.4, -0.2) is 21.0 Å². The summed E-state index contributed by atoms with van der Waals surface area (Å²) in [6.07, 6.45) is 2.15. The standard InChI is InChI=1S/C13H11BrN2O3/c1-2-9-6-12(16-7-15-9)19-11-5-8(14)3-4-10(11)13(17)18/h3-7H,2H2,1H3,(H,17,18). The van der Waals surface area contributed by atoms with Gasteiger partial charge in [-0.3, -0.25) is 0 Å². The lowest BCUT2D eigenvalue weighted by molar-refractivity contribution is 0.0694. The number of benzene rings is 1. The number of aryl methyl sites for hydroxylation is 1. The molecule has 0 aliphatic carbocycles. The van der Waals surface area contributed by atoms with Crippen LogP contribution in [0.4, 0.5) is 0 Å². The van der Waals surface area contributed by atoms with E-state index in [1.165, 1.54) is 12.4 Å². The van der Waals surface area contributed by atoms with Crippen molar-refractivity contribution in [2.24, 2.45) is 0 Å². The third-order valence-corrected chi connectivity index (χ3v) is 2.94. The molecular weight excluding hydrogens is 312 g/mol. The second-order valence-corrected chi connectivity index (χ2v) is 4.66. The zero-order valence-corrected chi connectivity index (χ0v) is 11.7. The van der Waals surface area contributed by atoms with Gasteiger partial charge in [-0.05, 0) is 24.6 Å². The second-order valence-electron chi connectivity index (χ2n) is 3.75. The lowest BCUT2D eigenvalue weighted by Crippen LogP contribution is -2.01. The van der Waals surface area contributed by atoms with E-state index in [9.17, 15) is 4.79 Å². The van der Waals surface area contributed by atoms with Gasteiger partial charge in [-0.2, -0.15) is 0 Å². The largest absolute Gasteiger partial charge is 0.478 e. The van der Waals surface area contributed by atoms with E-state index in [2.05, 4.69) is 25.9 Å². The summed E-state index contributed by atoms with van der Waals surface area (Å²) in [5.74, 6) is -0.484. The Balaban J connectivity index is 2.36. The van der Waals surface area contributed by atoms with Crippen LogP contribution in [0.15, 0.2) is 35.1 Å².